The molecule has 1 aliphatic rings. The minimum Gasteiger partial charge on any atom is -0.490 e. The van der Waals surface area contributed by atoms with E-state index in [1.54, 1.807) is 12.1 Å². The molecule has 7 heteroatoms. The summed E-state index contributed by atoms with van der Waals surface area (Å²) in [6.07, 6.45) is 2.06. The van der Waals surface area contributed by atoms with Gasteiger partial charge in [-0.05, 0) is 68.5 Å². The van der Waals surface area contributed by atoms with E-state index < -0.39 is 5.41 Å². The first-order chi connectivity index (χ1) is 15.0. The third kappa shape index (κ3) is 5.91. The van der Waals surface area contributed by atoms with Gasteiger partial charge in [0.15, 0.2) is 18.1 Å². The zero-order valence-electron chi connectivity index (χ0n) is 17.9. The highest BCUT2D eigenvalue weighted by atomic mass is 35.5. The Morgan fingerprint density at radius 1 is 1.00 bits per heavy atom. The van der Waals surface area contributed by atoms with Gasteiger partial charge in [-0.1, -0.05) is 29.8 Å². The van der Waals surface area contributed by atoms with Crippen molar-refractivity contribution in [1.82, 2.24) is 5.32 Å². The minimum atomic E-state index is -0.636. The number of amides is 1. The lowest BCUT2D eigenvalue weighted by Crippen LogP contribution is -2.33. The second-order valence-corrected chi connectivity index (χ2v) is 7.85. The van der Waals surface area contributed by atoms with Crippen LogP contribution < -0.4 is 14.8 Å². The zero-order chi connectivity index (χ0) is 22.3. The van der Waals surface area contributed by atoms with Crippen LogP contribution in [0.25, 0.3) is 0 Å². The molecule has 1 amide bonds. The number of nitrogens with one attached hydrogen (secondary N) is 1. The maximum Gasteiger partial charge on any atom is 0.317 e. The van der Waals surface area contributed by atoms with Crippen LogP contribution in [0, 0.1) is 0 Å². The van der Waals surface area contributed by atoms with E-state index in [1.807, 2.05) is 44.2 Å². The summed E-state index contributed by atoms with van der Waals surface area (Å²) in [4.78, 5) is 24.7. The summed E-state index contributed by atoms with van der Waals surface area (Å²) in [5, 5.41) is 3.41. The smallest absolute Gasteiger partial charge is 0.317 e. The Morgan fingerprint density at radius 2 is 1.68 bits per heavy atom. The summed E-state index contributed by atoms with van der Waals surface area (Å²) in [7, 11) is 0. The topological polar surface area (TPSA) is 73.9 Å². The molecule has 3 rings (SSSR count). The summed E-state index contributed by atoms with van der Waals surface area (Å²) in [6.45, 7) is 5.09. The maximum absolute atomic E-state index is 12.5. The van der Waals surface area contributed by atoms with Gasteiger partial charge in [-0.2, -0.15) is 0 Å². The standard InChI is InChI=1S/C24H28ClNO5/c1-3-29-20-10-5-17(15-21(20)30-4-2)11-14-26-22(27)16-31-23(28)24(12-13-24)18-6-8-19(25)9-7-18/h5-10,15H,3-4,11-14,16H2,1-2H3,(H,26,27). The molecule has 0 atom stereocenters. The van der Waals surface area contributed by atoms with Crippen molar-refractivity contribution < 1.29 is 23.8 Å². The first kappa shape index (κ1) is 22.9. The van der Waals surface area contributed by atoms with Gasteiger partial charge in [0.05, 0.1) is 18.6 Å². The van der Waals surface area contributed by atoms with Crippen LogP contribution in [0.1, 0.15) is 37.8 Å². The van der Waals surface area contributed by atoms with Gasteiger partial charge in [-0.25, -0.2) is 0 Å². The third-order valence-corrected chi connectivity index (χ3v) is 5.47. The predicted molar refractivity (Wildman–Crippen MR) is 119 cm³/mol. The number of carbonyl (C=O) groups is 2. The molecule has 0 unspecified atom stereocenters. The highest BCUT2D eigenvalue weighted by Gasteiger charge is 2.52. The molecule has 1 fully saturated rings. The van der Waals surface area contributed by atoms with E-state index in [0.717, 1.165) is 24.0 Å². The van der Waals surface area contributed by atoms with E-state index in [0.29, 0.717) is 42.7 Å². The van der Waals surface area contributed by atoms with Crippen LogP contribution in [0.15, 0.2) is 42.5 Å². The fraction of sp³-hybridized carbons (Fsp3) is 0.417. The molecule has 6 nitrogen and oxygen atoms in total. The Morgan fingerprint density at radius 3 is 2.32 bits per heavy atom. The second-order valence-electron chi connectivity index (χ2n) is 7.41. The highest BCUT2D eigenvalue weighted by molar-refractivity contribution is 6.30. The second kappa shape index (κ2) is 10.5. The van der Waals surface area contributed by atoms with Crippen molar-refractivity contribution in [3.05, 3.63) is 58.6 Å². The van der Waals surface area contributed by atoms with Crippen molar-refractivity contribution in [2.45, 2.75) is 38.5 Å². The van der Waals surface area contributed by atoms with Gasteiger partial charge in [-0.3, -0.25) is 9.59 Å². The average molecular weight is 446 g/mol. The van der Waals surface area contributed by atoms with Crippen molar-refractivity contribution in [2.75, 3.05) is 26.4 Å². The molecule has 2 aromatic carbocycles. The lowest BCUT2D eigenvalue weighted by atomic mass is 9.96. The van der Waals surface area contributed by atoms with Crippen LogP contribution in [-0.2, 0) is 26.2 Å². The molecule has 0 saturated heterocycles. The van der Waals surface area contributed by atoms with Crippen LogP contribution in [-0.4, -0.2) is 38.2 Å². The number of benzene rings is 2. The van der Waals surface area contributed by atoms with E-state index in [-0.39, 0.29) is 18.5 Å². The molecule has 1 aliphatic carbocycles. The molecule has 1 N–H and O–H groups in total. The molecule has 1 saturated carbocycles. The predicted octanol–water partition coefficient (Wildman–Crippen LogP) is 4.07. The van der Waals surface area contributed by atoms with E-state index in [4.69, 9.17) is 25.8 Å². The monoisotopic (exact) mass is 445 g/mol. The first-order valence-corrected chi connectivity index (χ1v) is 10.9. The summed E-state index contributed by atoms with van der Waals surface area (Å²) in [5.74, 6) is 0.715. The van der Waals surface area contributed by atoms with Gasteiger partial charge < -0.3 is 19.5 Å². The molecule has 0 spiro atoms. The highest BCUT2D eigenvalue weighted by Crippen LogP contribution is 2.49. The number of ether oxygens (including phenoxy) is 3. The Bertz CT molecular complexity index is 909. The summed E-state index contributed by atoms with van der Waals surface area (Å²) in [6, 6.07) is 12.9. The third-order valence-electron chi connectivity index (χ3n) is 5.22. The van der Waals surface area contributed by atoms with Crippen molar-refractivity contribution >= 4 is 23.5 Å². The quantitative estimate of drug-likeness (QED) is 0.528. The molecular formula is C24H28ClNO5. The SMILES string of the molecule is CCOc1ccc(CCNC(=O)COC(=O)C2(c3ccc(Cl)cc3)CC2)cc1OCC. The van der Waals surface area contributed by atoms with Gasteiger partial charge in [0.1, 0.15) is 0 Å². The molecule has 0 heterocycles. The number of esters is 1. The number of hydrogen-bond acceptors (Lipinski definition) is 5. The Hall–Kier alpha value is -2.73. The minimum absolute atomic E-state index is 0.290. The van der Waals surface area contributed by atoms with Gasteiger partial charge in [0, 0.05) is 11.6 Å². The van der Waals surface area contributed by atoms with Crippen LogP contribution in [0.4, 0.5) is 0 Å². The molecule has 2 aromatic rings. The molecule has 0 bridgehead atoms. The maximum atomic E-state index is 12.5. The number of carbonyl (C=O) groups excluding carboxylic acids is 2. The molecule has 0 radical (unpaired) electrons. The average Bonchev–Trinajstić information content (AvgIpc) is 3.57. The van der Waals surface area contributed by atoms with Crippen LogP contribution in [0.3, 0.4) is 0 Å². The lowest BCUT2D eigenvalue weighted by Gasteiger charge is -2.15. The van der Waals surface area contributed by atoms with Crippen molar-refractivity contribution in [3.8, 4) is 11.5 Å². The Labute approximate surface area is 187 Å². The van der Waals surface area contributed by atoms with Gasteiger partial charge in [0.2, 0.25) is 0 Å². The van der Waals surface area contributed by atoms with Crippen LogP contribution in [0.2, 0.25) is 5.02 Å². The zero-order valence-corrected chi connectivity index (χ0v) is 18.7. The van der Waals surface area contributed by atoms with Gasteiger partial charge >= 0.3 is 5.97 Å². The van der Waals surface area contributed by atoms with Gasteiger partial charge in [0.25, 0.3) is 5.91 Å². The van der Waals surface area contributed by atoms with Crippen LogP contribution >= 0.6 is 11.6 Å². The Kier molecular flexibility index (Phi) is 7.80. The van der Waals surface area contributed by atoms with E-state index >= 15 is 0 Å². The number of halogens is 1. The lowest BCUT2D eigenvalue weighted by molar-refractivity contribution is -0.151. The number of hydrogen-bond donors (Lipinski definition) is 1. The molecule has 31 heavy (non-hydrogen) atoms. The summed E-state index contributed by atoms with van der Waals surface area (Å²) in [5.41, 5.74) is 1.26. The van der Waals surface area contributed by atoms with Gasteiger partial charge in [-0.15, -0.1) is 0 Å². The molecule has 166 valence electrons. The van der Waals surface area contributed by atoms with E-state index in [9.17, 15) is 9.59 Å². The van der Waals surface area contributed by atoms with Crippen LogP contribution in [0.5, 0.6) is 11.5 Å². The number of rotatable bonds is 11. The Balaban J connectivity index is 1.45. The van der Waals surface area contributed by atoms with Crippen molar-refractivity contribution in [3.63, 3.8) is 0 Å². The van der Waals surface area contributed by atoms with Crippen molar-refractivity contribution in [2.24, 2.45) is 0 Å². The fourth-order valence-electron chi connectivity index (χ4n) is 3.42. The largest absolute Gasteiger partial charge is 0.490 e. The molecule has 0 aromatic heterocycles. The first-order valence-electron chi connectivity index (χ1n) is 10.6. The normalized spacial score (nSPS) is 13.9. The van der Waals surface area contributed by atoms with E-state index in [1.165, 1.54) is 0 Å². The summed E-state index contributed by atoms with van der Waals surface area (Å²) < 4.78 is 16.5. The summed E-state index contributed by atoms with van der Waals surface area (Å²) >= 11 is 5.92. The fourth-order valence-corrected chi connectivity index (χ4v) is 3.55. The van der Waals surface area contributed by atoms with E-state index in [2.05, 4.69) is 5.32 Å². The molecule has 0 aliphatic heterocycles. The molecular weight excluding hydrogens is 418 g/mol. The van der Waals surface area contributed by atoms with Crippen molar-refractivity contribution in [1.29, 1.82) is 0 Å².